The van der Waals surface area contributed by atoms with Crippen LogP contribution in [0.4, 0.5) is 18.9 Å². The first-order valence-electron chi connectivity index (χ1n) is 7.21. The molecule has 0 aliphatic rings. The molecule has 0 fully saturated rings. The number of nitrogens with one attached hydrogen (secondary N) is 1. The van der Waals surface area contributed by atoms with Crippen molar-refractivity contribution in [2.45, 2.75) is 11.3 Å². The summed E-state index contributed by atoms with van der Waals surface area (Å²) in [6.07, 6.45) is -5.08. The number of carbonyl (C=O) groups excluding carboxylic acids is 1. The monoisotopic (exact) mass is 405 g/mol. The lowest BCUT2D eigenvalue weighted by Crippen LogP contribution is -2.21. The molecule has 0 saturated carbocycles. The largest absolute Gasteiger partial charge is 0.573 e. The third-order valence-electron chi connectivity index (χ3n) is 3.23. The Labute approximate surface area is 152 Å². The van der Waals surface area contributed by atoms with Crippen LogP contribution in [0.2, 0.25) is 0 Å². The van der Waals surface area contributed by atoms with Gasteiger partial charge in [0.05, 0.1) is 25.5 Å². The van der Waals surface area contributed by atoms with E-state index in [4.69, 9.17) is 4.74 Å². The number of anilines is 1. The zero-order valence-corrected chi connectivity index (χ0v) is 14.8. The molecule has 1 N–H and O–H groups in total. The number of benzene rings is 2. The van der Waals surface area contributed by atoms with Crippen LogP contribution in [0, 0.1) is 0 Å². The number of hydrogen-bond acceptors (Lipinski definition) is 6. The molecule has 27 heavy (non-hydrogen) atoms. The van der Waals surface area contributed by atoms with Crippen LogP contribution in [0.15, 0.2) is 47.4 Å². The molecule has 146 valence electrons. The Morgan fingerprint density at radius 2 is 1.70 bits per heavy atom. The van der Waals surface area contributed by atoms with E-state index in [1.807, 2.05) is 0 Å². The molecule has 11 heteroatoms. The summed E-state index contributed by atoms with van der Waals surface area (Å²) in [7, 11) is -2.11. The number of ether oxygens (including phenoxy) is 3. The highest BCUT2D eigenvalue weighted by molar-refractivity contribution is 7.92. The summed E-state index contributed by atoms with van der Waals surface area (Å²) in [6, 6.07) is 8.02. The van der Waals surface area contributed by atoms with Crippen molar-refractivity contribution in [3.8, 4) is 11.5 Å². The highest BCUT2D eigenvalue weighted by Crippen LogP contribution is 2.33. The van der Waals surface area contributed by atoms with Crippen molar-refractivity contribution in [1.82, 2.24) is 0 Å². The summed E-state index contributed by atoms with van der Waals surface area (Å²) in [5.74, 6) is -1.60. The van der Waals surface area contributed by atoms with Crippen molar-refractivity contribution < 1.29 is 40.6 Å². The smallest absolute Gasteiger partial charge is 0.495 e. The Morgan fingerprint density at radius 1 is 1.04 bits per heavy atom. The van der Waals surface area contributed by atoms with Crippen LogP contribution in [-0.4, -0.2) is 35.0 Å². The van der Waals surface area contributed by atoms with Gasteiger partial charge in [-0.1, -0.05) is 12.1 Å². The molecule has 0 heterocycles. The Kier molecular flexibility index (Phi) is 5.84. The zero-order valence-electron chi connectivity index (χ0n) is 14.0. The van der Waals surface area contributed by atoms with Crippen LogP contribution in [0.25, 0.3) is 0 Å². The number of rotatable bonds is 6. The van der Waals surface area contributed by atoms with E-state index in [-0.39, 0.29) is 17.0 Å². The highest BCUT2D eigenvalue weighted by atomic mass is 32.2. The third kappa shape index (κ3) is 5.03. The maximum atomic E-state index is 12.6. The van der Waals surface area contributed by atoms with Gasteiger partial charge in [0.2, 0.25) is 0 Å². The molecule has 2 aromatic carbocycles. The molecule has 2 rings (SSSR count). The summed E-state index contributed by atoms with van der Waals surface area (Å²) in [5.41, 5.74) is -0.155. The van der Waals surface area contributed by atoms with E-state index in [9.17, 15) is 26.4 Å². The molecule has 7 nitrogen and oxygen atoms in total. The number of carbonyl (C=O) groups is 1. The lowest BCUT2D eigenvalue weighted by Gasteiger charge is -2.16. The van der Waals surface area contributed by atoms with Gasteiger partial charge in [-0.3, -0.25) is 4.72 Å². The molecule has 0 aliphatic carbocycles. The molecular formula is C16H14F3NO6S. The van der Waals surface area contributed by atoms with Gasteiger partial charge in [-0.25, -0.2) is 13.2 Å². The number of alkyl halides is 3. The average molecular weight is 405 g/mol. The molecule has 0 amide bonds. The van der Waals surface area contributed by atoms with E-state index in [1.165, 1.54) is 31.4 Å². The minimum absolute atomic E-state index is 0.0100. The summed E-state index contributed by atoms with van der Waals surface area (Å²) in [5, 5.41) is 0. The van der Waals surface area contributed by atoms with Crippen LogP contribution in [0.3, 0.4) is 0 Å². The highest BCUT2D eigenvalue weighted by Gasteiger charge is 2.34. The first kappa shape index (κ1) is 20.4. The van der Waals surface area contributed by atoms with E-state index in [0.29, 0.717) is 0 Å². The van der Waals surface area contributed by atoms with Crippen LogP contribution >= 0.6 is 0 Å². The fourth-order valence-corrected chi connectivity index (χ4v) is 3.30. The van der Waals surface area contributed by atoms with Gasteiger partial charge in [0, 0.05) is 0 Å². The van der Waals surface area contributed by atoms with E-state index in [2.05, 4.69) is 14.2 Å². The number of para-hydroxylation sites is 1. The summed E-state index contributed by atoms with van der Waals surface area (Å²) < 4.78 is 78.2. The van der Waals surface area contributed by atoms with E-state index in [0.717, 1.165) is 25.3 Å². The molecule has 2 aromatic rings. The standard InChI is InChI=1S/C16H14F3NO6S/c1-24-12-8-7-10(15(21)25-2)9-11(12)20-27(22,23)14-6-4-3-5-13(14)26-16(17,18)19/h3-9,20H,1-2H3. The summed E-state index contributed by atoms with van der Waals surface area (Å²) in [6.45, 7) is 0. The average Bonchev–Trinajstić information content (AvgIpc) is 2.59. The van der Waals surface area contributed by atoms with E-state index in [1.54, 1.807) is 0 Å². The second-order valence-corrected chi connectivity index (χ2v) is 6.66. The Bertz CT molecular complexity index is 943. The molecule has 0 aliphatic heterocycles. The maximum absolute atomic E-state index is 12.6. The normalized spacial score (nSPS) is 11.6. The Balaban J connectivity index is 2.47. The fraction of sp³-hybridized carbons (Fsp3) is 0.188. The quantitative estimate of drug-likeness (QED) is 0.743. The van der Waals surface area contributed by atoms with Crippen molar-refractivity contribution in [2.24, 2.45) is 0 Å². The molecule has 0 saturated heterocycles. The Morgan fingerprint density at radius 3 is 2.30 bits per heavy atom. The van der Waals surface area contributed by atoms with Crippen molar-refractivity contribution in [3.05, 3.63) is 48.0 Å². The van der Waals surface area contributed by atoms with Crippen molar-refractivity contribution in [1.29, 1.82) is 0 Å². The SMILES string of the molecule is COC(=O)c1ccc(OC)c(NS(=O)(=O)c2ccccc2OC(F)(F)F)c1. The van der Waals surface area contributed by atoms with E-state index < -0.39 is 33.0 Å². The van der Waals surface area contributed by atoms with Gasteiger partial charge in [-0.05, 0) is 30.3 Å². The van der Waals surface area contributed by atoms with Gasteiger partial charge < -0.3 is 14.2 Å². The molecule has 0 spiro atoms. The van der Waals surface area contributed by atoms with Crippen LogP contribution < -0.4 is 14.2 Å². The van der Waals surface area contributed by atoms with Gasteiger partial charge in [0.15, 0.2) is 0 Å². The minimum atomic E-state index is -5.08. The molecule has 0 radical (unpaired) electrons. The van der Waals surface area contributed by atoms with Crippen LogP contribution in [0.1, 0.15) is 10.4 Å². The second kappa shape index (κ2) is 7.74. The first-order valence-corrected chi connectivity index (χ1v) is 8.69. The lowest BCUT2D eigenvalue weighted by atomic mass is 10.2. The third-order valence-corrected chi connectivity index (χ3v) is 4.63. The predicted octanol–water partition coefficient (Wildman–Crippen LogP) is 3.18. The fourth-order valence-electron chi connectivity index (χ4n) is 2.11. The van der Waals surface area contributed by atoms with Crippen LogP contribution in [0.5, 0.6) is 11.5 Å². The minimum Gasteiger partial charge on any atom is -0.495 e. The van der Waals surface area contributed by atoms with Crippen molar-refractivity contribution in [3.63, 3.8) is 0 Å². The summed E-state index contributed by atoms with van der Waals surface area (Å²) in [4.78, 5) is 10.9. The van der Waals surface area contributed by atoms with Gasteiger partial charge in [0.25, 0.3) is 10.0 Å². The topological polar surface area (TPSA) is 90.9 Å². The van der Waals surface area contributed by atoms with Gasteiger partial charge in [-0.15, -0.1) is 13.2 Å². The van der Waals surface area contributed by atoms with Crippen molar-refractivity contribution >= 4 is 21.7 Å². The Hall–Kier alpha value is -2.95. The summed E-state index contributed by atoms with van der Waals surface area (Å²) >= 11 is 0. The zero-order chi connectivity index (χ0) is 20.2. The molecule has 0 bridgehead atoms. The molecule has 0 aromatic heterocycles. The molecule has 0 atom stereocenters. The first-order chi connectivity index (χ1) is 12.6. The maximum Gasteiger partial charge on any atom is 0.573 e. The second-order valence-electron chi connectivity index (χ2n) is 5.01. The van der Waals surface area contributed by atoms with Gasteiger partial charge >= 0.3 is 12.3 Å². The van der Waals surface area contributed by atoms with Gasteiger partial charge in [0.1, 0.15) is 16.4 Å². The number of methoxy groups -OCH3 is 2. The molecule has 0 unspecified atom stereocenters. The van der Waals surface area contributed by atoms with Gasteiger partial charge in [-0.2, -0.15) is 0 Å². The number of esters is 1. The predicted molar refractivity (Wildman–Crippen MR) is 88.3 cm³/mol. The lowest BCUT2D eigenvalue weighted by molar-refractivity contribution is -0.275. The van der Waals surface area contributed by atoms with Crippen molar-refractivity contribution in [2.75, 3.05) is 18.9 Å². The van der Waals surface area contributed by atoms with Crippen LogP contribution in [-0.2, 0) is 14.8 Å². The molecular weight excluding hydrogens is 391 g/mol. The number of halogens is 3. The van der Waals surface area contributed by atoms with E-state index >= 15 is 0 Å². The number of sulfonamides is 1. The number of hydrogen-bond donors (Lipinski definition) is 1.